The van der Waals surface area contributed by atoms with Crippen molar-refractivity contribution in [3.8, 4) is 0 Å². The molecule has 0 radical (unpaired) electrons. The van der Waals surface area contributed by atoms with Crippen LogP contribution in [0, 0.1) is 5.41 Å². The van der Waals surface area contributed by atoms with Crippen LogP contribution >= 0.6 is 11.3 Å². The lowest BCUT2D eigenvalue weighted by Crippen LogP contribution is -2.48. The van der Waals surface area contributed by atoms with E-state index in [0.717, 1.165) is 10.9 Å². The number of piperidine rings is 1. The quantitative estimate of drug-likeness (QED) is 0.694. The molecule has 1 N–H and O–H groups in total. The number of carboxylic acid groups (broad SMARTS) is 1. The summed E-state index contributed by atoms with van der Waals surface area (Å²) < 4.78 is 2.38. The van der Waals surface area contributed by atoms with Crippen molar-refractivity contribution in [2.75, 3.05) is 27.2 Å². The fourth-order valence-electron chi connectivity index (χ4n) is 4.45. The molecule has 6 heteroatoms. The number of carbonyl (C=O) groups excluding carboxylic acids is 1. The van der Waals surface area contributed by atoms with E-state index < -0.39 is 17.4 Å². The average molecular weight is 411 g/mol. The Kier molecular flexibility index (Phi) is 5.09. The van der Waals surface area contributed by atoms with Crippen LogP contribution in [0.25, 0.3) is 20.2 Å². The Labute approximate surface area is 174 Å². The third-order valence-corrected chi connectivity index (χ3v) is 7.29. The van der Waals surface area contributed by atoms with Crippen LogP contribution in [-0.2, 0) is 9.59 Å². The number of benzene rings is 2. The van der Waals surface area contributed by atoms with Crippen LogP contribution in [0.1, 0.15) is 31.4 Å². The van der Waals surface area contributed by atoms with Crippen LogP contribution < -0.4 is 0 Å². The minimum Gasteiger partial charge on any atom is -0.480 e. The van der Waals surface area contributed by atoms with Gasteiger partial charge in [-0.3, -0.25) is 14.5 Å². The van der Waals surface area contributed by atoms with Crippen molar-refractivity contribution in [2.45, 2.75) is 25.8 Å². The second kappa shape index (κ2) is 7.43. The monoisotopic (exact) mass is 410 g/mol. The molecule has 0 spiro atoms. The summed E-state index contributed by atoms with van der Waals surface area (Å²) in [6.07, 6.45) is 1.33. The first-order chi connectivity index (χ1) is 13.8. The number of hydrogen-bond acceptors (Lipinski definition) is 4. The van der Waals surface area contributed by atoms with E-state index in [9.17, 15) is 14.7 Å². The van der Waals surface area contributed by atoms with Crippen LogP contribution in [-0.4, -0.2) is 54.0 Å². The number of hydrogen-bond donors (Lipinski definition) is 1. The minimum atomic E-state index is -0.841. The van der Waals surface area contributed by atoms with Gasteiger partial charge in [0.05, 0.1) is 0 Å². The first-order valence-electron chi connectivity index (χ1n) is 9.90. The van der Waals surface area contributed by atoms with Crippen LogP contribution in [0.5, 0.6) is 0 Å². The summed E-state index contributed by atoms with van der Waals surface area (Å²) in [6, 6.07) is 13.5. The van der Waals surface area contributed by atoms with Gasteiger partial charge in [0.1, 0.15) is 6.04 Å². The van der Waals surface area contributed by atoms with E-state index in [2.05, 4.69) is 12.1 Å². The summed E-state index contributed by atoms with van der Waals surface area (Å²) in [5.74, 6) is -0.721. The van der Waals surface area contributed by atoms with E-state index in [1.807, 2.05) is 42.2 Å². The predicted octanol–water partition coefficient (Wildman–Crippen LogP) is 4.37. The van der Waals surface area contributed by atoms with Gasteiger partial charge in [-0.15, -0.1) is 11.3 Å². The molecule has 29 heavy (non-hydrogen) atoms. The molecule has 152 valence electrons. The van der Waals surface area contributed by atoms with Gasteiger partial charge in [-0.05, 0) is 36.6 Å². The maximum Gasteiger partial charge on any atom is 0.325 e. The molecule has 0 saturated carbocycles. The summed E-state index contributed by atoms with van der Waals surface area (Å²) in [6.45, 7) is 3.18. The van der Waals surface area contributed by atoms with Gasteiger partial charge in [-0.25, -0.2) is 0 Å². The molecule has 5 nitrogen and oxygen atoms in total. The second-order valence-corrected chi connectivity index (χ2v) is 9.47. The maximum atomic E-state index is 12.5. The van der Waals surface area contributed by atoms with E-state index in [4.69, 9.17) is 0 Å². The predicted molar refractivity (Wildman–Crippen MR) is 117 cm³/mol. The lowest BCUT2D eigenvalue weighted by atomic mass is 9.78. The largest absolute Gasteiger partial charge is 0.480 e. The Bertz CT molecular complexity index is 1080. The highest BCUT2D eigenvalue weighted by atomic mass is 32.1. The van der Waals surface area contributed by atoms with E-state index in [-0.39, 0.29) is 5.91 Å². The molecule has 2 aromatic carbocycles. The van der Waals surface area contributed by atoms with Crippen LogP contribution in [0.2, 0.25) is 0 Å². The fraction of sp³-hybridized carbons (Fsp3) is 0.391. The number of rotatable bonds is 4. The molecule has 0 bridgehead atoms. The van der Waals surface area contributed by atoms with Crippen molar-refractivity contribution < 1.29 is 14.7 Å². The summed E-state index contributed by atoms with van der Waals surface area (Å²) in [7, 11) is 3.56. The van der Waals surface area contributed by atoms with Crippen molar-refractivity contribution in [2.24, 2.45) is 5.41 Å². The first-order valence-corrected chi connectivity index (χ1v) is 10.7. The van der Waals surface area contributed by atoms with Crippen LogP contribution in [0.15, 0.2) is 42.5 Å². The second-order valence-electron chi connectivity index (χ2n) is 8.39. The Morgan fingerprint density at radius 3 is 2.38 bits per heavy atom. The van der Waals surface area contributed by atoms with Gasteiger partial charge in [0, 0.05) is 52.8 Å². The van der Waals surface area contributed by atoms with E-state index in [1.54, 1.807) is 30.3 Å². The number of nitrogens with zero attached hydrogens (tertiary/aromatic N) is 2. The van der Waals surface area contributed by atoms with Gasteiger partial charge in [0.25, 0.3) is 0 Å². The van der Waals surface area contributed by atoms with Crippen molar-refractivity contribution >= 4 is 43.4 Å². The van der Waals surface area contributed by atoms with Crippen LogP contribution in [0.4, 0.5) is 0 Å². The van der Waals surface area contributed by atoms with E-state index >= 15 is 0 Å². The third-order valence-electron chi connectivity index (χ3n) is 6.14. The summed E-state index contributed by atoms with van der Waals surface area (Å²) in [5, 5.41) is 12.3. The topological polar surface area (TPSA) is 60.9 Å². The van der Waals surface area contributed by atoms with Gasteiger partial charge < -0.3 is 10.0 Å². The van der Waals surface area contributed by atoms with Crippen molar-refractivity contribution in [3.05, 3.63) is 48.0 Å². The van der Waals surface area contributed by atoms with Crippen molar-refractivity contribution in [1.82, 2.24) is 9.80 Å². The zero-order chi connectivity index (χ0) is 20.8. The minimum absolute atomic E-state index is 0.121. The molecule has 1 fully saturated rings. The number of carbonyl (C=O) groups is 2. The Balaban J connectivity index is 1.64. The van der Waals surface area contributed by atoms with E-state index in [1.165, 1.54) is 14.8 Å². The Morgan fingerprint density at radius 1 is 1.07 bits per heavy atom. The molecule has 1 saturated heterocycles. The van der Waals surface area contributed by atoms with Gasteiger partial charge >= 0.3 is 5.97 Å². The molecular formula is C23H26N2O3S. The maximum absolute atomic E-state index is 12.5. The Morgan fingerprint density at radius 2 is 1.72 bits per heavy atom. The molecule has 0 aliphatic carbocycles. The Hall–Kier alpha value is -2.44. The summed E-state index contributed by atoms with van der Waals surface area (Å²) in [4.78, 5) is 28.4. The number of thiophene rings is 1. The third kappa shape index (κ3) is 3.51. The van der Waals surface area contributed by atoms with Gasteiger partial charge in [-0.1, -0.05) is 31.2 Å². The molecule has 3 aromatic rings. The number of likely N-dealkylation sites (tertiary alicyclic amines) is 1. The number of fused-ring (bicyclic) bond motifs is 3. The SMILES string of the molecule is CN(C)C(=O)C1(C)CCN(C(C(=O)O)c2ccc3sc4ccccc4c3c2)CC1. The van der Waals surface area contributed by atoms with Gasteiger partial charge in [0.2, 0.25) is 5.91 Å². The fourth-order valence-corrected chi connectivity index (χ4v) is 5.54. The molecular weight excluding hydrogens is 384 g/mol. The van der Waals surface area contributed by atoms with Crippen molar-refractivity contribution in [1.29, 1.82) is 0 Å². The first kappa shape index (κ1) is 19.9. The van der Waals surface area contributed by atoms with Gasteiger partial charge in [0.15, 0.2) is 0 Å². The lowest BCUT2D eigenvalue weighted by Gasteiger charge is -2.41. The molecule has 1 aromatic heterocycles. The standard InChI is InChI=1S/C23H26N2O3S/c1-23(22(28)24(2)3)10-12-25(13-11-23)20(21(26)27)15-8-9-19-17(14-15)16-6-4-5-7-18(16)29-19/h4-9,14,20H,10-13H2,1-3H3,(H,26,27). The number of amides is 1. The zero-order valence-electron chi connectivity index (χ0n) is 17.0. The highest BCUT2D eigenvalue weighted by Gasteiger charge is 2.41. The summed E-state index contributed by atoms with van der Waals surface area (Å²) >= 11 is 1.73. The molecule has 1 amide bonds. The lowest BCUT2D eigenvalue weighted by molar-refractivity contribution is -0.147. The molecule has 1 unspecified atom stereocenters. The molecule has 4 rings (SSSR count). The molecule has 1 aliphatic heterocycles. The highest BCUT2D eigenvalue weighted by molar-refractivity contribution is 7.25. The number of carboxylic acids is 1. The number of aliphatic carboxylic acids is 1. The average Bonchev–Trinajstić information content (AvgIpc) is 3.07. The summed E-state index contributed by atoms with van der Waals surface area (Å²) in [5.41, 5.74) is 0.382. The van der Waals surface area contributed by atoms with Crippen molar-refractivity contribution in [3.63, 3.8) is 0 Å². The van der Waals surface area contributed by atoms with E-state index in [0.29, 0.717) is 25.9 Å². The molecule has 1 atom stereocenters. The normalized spacial score (nSPS) is 18.0. The highest BCUT2D eigenvalue weighted by Crippen LogP contribution is 2.39. The van der Waals surface area contributed by atoms with Gasteiger partial charge in [-0.2, -0.15) is 0 Å². The van der Waals surface area contributed by atoms with Crippen LogP contribution in [0.3, 0.4) is 0 Å². The zero-order valence-corrected chi connectivity index (χ0v) is 17.8. The molecule has 1 aliphatic rings. The molecule has 2 heterocycles. The smallest absolute Gasteiger partial charge is 0.325 e.